The van der Waals surface area contributed by atoms with E-state index < -0.39 is 0 Å². The summed E-state index contributed by atoms with van der Waals surface area (Å²) < 4.78 is 6.43. The van der Waals surface area contributed by atoms with Crippen LogP contribution >= 0.6 is 23.4 Å². The zero-order valence-corrected chi connectivity index (χ0v) is 18.1. The minimum absolute atomic E-state index is 0.0636. The molecule has 0 atom stereocenters. The van der Waals surface area contributed by atoms with E-state index in [1.165, 1.54) is 11.8 Å². The molecule has 0 unspecified atom stereocenters. The van der Waals surface area contributed by atoms with Crippen LogP contribution in [0.1, 0.15) is 5.56 Å². The van der Waals surface area contributed by atoms with Crippen LogP contribution < -0.4 is 21.3 Å². The van der Waals surface area contributed by atoms with Crippen LogP contribution in [0.15, 0.2) is 64.9 Å². The summed E-state index contributed by atoms with van der Waals surface area (Å²) in [6.07, 6.45) is 5.26. The minimum atomic E-state index is -0.271. The first-order valence-electron chi connectivity index (χ1n) is 9.04. The molecule has 0 saturated carbocycles. The van der Waals surface area contributed by atoms with Gasteiger partial charge in [-0.1, -0.05) is 59.8 Å². The summed E-state index contributed by atoms with van der Waals surface area (Å²) >= 11 is 7.10. The number of nitrogen functional groups attached to an aromatic ring is 1. The first-order valence-corrected chi connectivity index (χ1v) is 10.4. The molecular weight excluding hydrogens is 438 g/mol. The molecule has 1 aromatic heterocycles. The number of halogens is 1. The Morgan fingerprint density at radius 3 is 2.87 bits per heavy atom. The molecule has 0 fully saturated rings. The molecule has 0 aliphatic rings. The summed E-state index contributed by atoms with van der Waals surface area (Å²) in [6.45, 7) is 0. The number of amides is 1. The second-order valence-corrected chi connectivity index (χ2v) is 7.40. The highest BCUT2D eigenvalue weighted by molar-refractivity contribution is 7.99. The summed E-state index contributed by atoms with van der Waals surface area (Å²) in [4.78, 5) is 12.3. The number of thioether (sulfide) groups is 1. The minimum Gasteiger partial charge on any atom is -0.495 e. The maximum atomic E-state index is 12.3. The summed E-state index contributed by atoms with van der Waals surface area (Å²) in [6, 6.07) is 14.8. The lowest BCUT2D eigenvalue weighted by Gasteiger charge is -2.10. The van der Waals surface area contributed by atoms with Gasteiger partial charge in [-0.3, -0.25) is 4.79 Å². The van der Waals surface area contributed by atoms with Crippen molar-refractivity contribution in [2.75, 3.05) is 29.4 Å². The highest BCUT2D eigenvalue weighted by Gasteiger charge is 2.13. The largest absolute Gasteiger partial charge is 0.495 e. The number of anilines is 2. The number of hydrogen-bond acceptors (Lipinski definition) is 8. The van der Waals surface area contributed by atoms with E-state index in [0.29, 0.717) is 21.6 Å². The number of benzene rings is 2. The maximum absolute atomic E-state index is 12.3. The van der Waals surface area contributed by atoms with Gasteiger partial charge in [0.25, 0.3) is 5.95 Å². The van der Waals surface area contributed by atoms with Crippen molar-refractivity contribution < 1.29 is 9.53 Å². The molecule has 3 aromatic rings. The van der Waals surface area contributed by atoms with Gasteiger partial charge in [-0.25, -0.2) is 10.1 Å². The van der Waals surface area contributed by atoms with E-state index in [4.69, 9.17) is 22.2 Å². The number of ether oxygens (including phenoxy) is 1. The fourth-order valence-electron chi connectivity index (χ4n) is 2.40. The van der Waals surface area contributed by atoms with Crippen molar-refractivity contribution in [1.29, 1.82) is 0 Å². The third-order valence-corrected chi connectivity index (χ3v) is 5.02. The Morgan fingerprint density at radius 1 is 1.29 bits per heavy atom. The van der Waals surface area contributed by atoms with Gasteiger partial charge in [0.1, 0.15) is 5.75 Å². The summed E-state index contributed by atoms with van der Waals surface area (Å²) in [7, 11) is 1.51. The van der Waals surface area contributed by atoms with Gasteiger partial charge in [0.05, 0.1) is 18.6 Å². The molecule has 0 bridgehead atoms. The van der Waals surface area contributed by atoms with Crippen LogP contribution in [0, 0.1) is 0 Å². The zero-order chi connectivity index (χ0) is 22.1. The number of carbonyl (C=O) groups excluding carboxylic acids is 1. The predicted octanol–water partition coefficient (Wildman–Crippen LogP) is 3.50. The molecule has 0 aliphatic carbocycles. The predicted molar refractivity (Wildman–Crippen MR) is 125 cm³/mol. The van der Waals surface area contributed by atoms with E-state index in [-0.39, 0.29) is 17.6 Å². The normalized spacial score (nSPS) is 11.2. The third kappa shape index (κ3) is 6.49. The second kappa shape index (κ2) is 11.0. The Morgan fingerprint density at radius 2 is 2.10 bits per heavy atom. The van der Waals surface area contributed by atoms with Crippen molar-refractivity contribution in [1.82, 2.24) is 14.9 Å². The van der Waals surface area contributed by atoms with Crippen LogP contribution in [0.2, 0.25) is 5.02 Å². The molecule has 4 N–H and O–H groups in total. The van der Waals surface area contributed by atoms with E-state index in [1.54, 1.807) is 30.5 Å². The topological polar surface area (TPSA) is 119 Å². The van der Waals surface area contributed by atoms with Crippen LogP contribution in [0.25, 0.3) is 6.08 Å². The van der Waals surface area contributed by atoms with Crippen molar-refractivity contribution >= 4 is 53.2 Å². The molecule has 0 radical (unpaired) electrons. The van der Waals surface area contributed by atoms with E-state index >= 15 is 0 Å². The van der Waals surface area contributed by atoms with Gasteiger partial charge < -0.3 is 15.9 Å². The molecule has 0 saturated heterocycles. The monoisotopic (exact) mass is 457 g/mol. The first-order chi connectivity index (χ1) is 15.1. The second-order valence-electron chi connectivity index (χ2n) is 6.02. The van der Waals surface area contributed by atoms with Gasteiger partial charge in [-0.15, -0.1) is 10.2 Å². The van der Waals surface area contributed by atoms with Gasteiger partial charge >= 0.3 is 0 Å². The van der Waals surface area contributed by atoms with Crippen LogP contribution in [0.3, 0.4) is 0 Å². The van der Waals surface area contributed by atoms with E-state index in [9.17, 15) is 4.79 Å². The van der Waals surface area contributed by atoms with E-state index in [2.05, 4.69) is 26.0 Å². The average molecular weight is 458 g/mol. The molecule has 160 valence electrons. The molecular formula is C20H20ClN7O2S. The molecule has 1 amide bonds. The molecule has 31 heavy (non-hydrogen) atoms. The van der Waals surface area contributed by atoms with Crippen molar-refractivity contribution in [2.24, 2.45) is 5.10 Å². The molecule has 0 aliphatic heterocycles. The lowest BCUT2D eigenvalue weighted by atomic mass is 10.2. The Hall–Kier alpha value is -3.50. The van der Waals surface area contributed by atoms with Crippen molar-refractivity contribution in [2.45, 2.75) is 5.16 Å². The van der Waals surface area contributed by atoms with E-state index in [1.807, 2.05) is 36.4 Å². The number of hydrazone groups is 1. The summed E-state index contributed by atoms with van der Waals surface area (Å²) in [5.41, 5.74) is 4.25. The first kappa shape index (κ1) is 22.2. The van der Waals surface area contributed by atoms with Crippen molar-refractivity contribution in [3.05, 3.63) is 65.2 Å². The molecule has 3 rings (SSSR count). The standard InChI is InChI=1S/C20H20ClN7O2S/c1-30-17-10-9-15(21)12-16(17)24-18(29)13-31-20-27-26-19(28(20)22)25-23-11-5-8-14-6-3-2-4-7-14/h2-12H,13,22H2,1H3,(H,24,29)(H,25,26)/b8-5+,23-11+. The highest BCUT2D eigenvalue weighted by Crippen LogP contribution is 2.28. The lowest BCUT2D eigenvalue weighted by molar-refractivity contribution is -0.113. The fraction of sp³-hybridized carbons (Fsp3) is 0.100. The van der Waals surface area contributed by atoms with Crippen LogP contribution in [-0.2, 0) is 4.79 Å². The molecule has 0 spiro atoms. The van der Waals surface area contributed by atoms with Gasteiger partial charge in [-0.05, 0) is 29.8 Å². The van der Waals surface area contributed by atoms with E-state index in [0.717, 1.165) is 17.3 Å². The Labute approximate surface area is 188 Å². The highest BCUT2D eigenvalue weighted by atomic mass is 35.5. The summed E-state index contributed by atoms with van der Waals surface area (Å²) in [5.74, 6) is 6.50. The van der Waals surface area contributed by atoms with Crippen molar-refractivity contribution in [3.63, 3.8) is 0 Å². The number of nitrogens with one attached hydrogen (secondary N) is 2. The quantitative estimate of drug-likeness (QED) is 0.195. The van der Waals surface area contributed by atoms with Gasteiger partial charge in [0.2, 0.25) is 11.1 Å². The number of aromatic nitrogens is 3. The molecule has 2 aromatic carbocycles. The molecule has 9 nitrogen and oxygen atoms in total. The fourth-order valence-corrected chi connectivity index (χ4v) is 3.23. The van der Waals surface area contributed by atoms with Gasteiger partial charge in [0, 0.05) is 11.2 Å². The Kier molecular flexibility index (Phi) is 7.91. The zero-order valence-electron chi connectivity index (χ0n) is 16.5. The number of methoxy groups -OCH3 is 1. The number of nitrogens with zero attached hydrogens (tertiary/aromatic N) is 4. The molecule has 11 heteroatoms. The van der Waals surface area contributed by atoms with Gasteiger partial charge in [0.15, 0.2) is 0 Å². The Balaban J connectivity index is 1.51. The molecule has 1 heterocycles. The maximum Gasteiger partial charge on any atom is 0.264 e. The smallest absolute Gasteiger partial charge is 0.264 e. The number of nitrogens with two attached hydrogens (primary N) is 1. The van der Waals surface area contributed by atoms with Crippen LogP contribution in [-0.4, -0.2) is 39.9 Å². The third-order valence-electron chi connectivity index (χ3n) is 3.85. The van der Waals surface area contributed by atoms with Gasteiger partial charge in [-0.2, -0.15) is 5.10 Å². The number of allylic oxidation sites excluding steroid dienone is 1. The van der Waals surface area contributed by atoms with Crippen LogP contribution in [0.5, 0.6) is 5.75 Å². The SMILES string of the molecule is COc1ccc(Cl)cc1NC(=O)CSc1nnc(N/N=C/C=C/c2ccccc2)n1N. The average Bonchev–Trinajstić information content (AvgIpc) is 3.12. The number of rotatable bonds is 9. The van der Waals surface area contributed by atoms with Crippen molar-refractivity contribution in [3.8, 4) is 5.75 Å². The lowest BCUT2D eigenvalue weighted by Crippen LogP contribution is -2.17. The number of hydrogen-bond donors (Lipinski definition) is 3. The number of carbonyl (C=O) groups is 1. The summed E-state index contributed by atoms with van der Waals surface area (Å²) in [5, 5.41) is 15.5. The van der Waals surface area contributed by atoms with Crippen LogP contribution in [0.4, 0.5) is 11.6 Å². The Bertz CT molecular complexity index is 1090.